The van der Waals surface area contributed by atoms with E-state index < -0.39 is 11.2 Å². The molecule has 1 radical (unpaired) electrons. The first-order valence-corrected chi connectivity index (χ1v) is 12.7. The molecule has 1 unspecified atom stereocenters. The third kappa shape index (κ3) is 7.25. The van der Waals surface area contributed by atoms with Crippen LogP contribution in [0.2, 0.25) is 0 Å². The summed E-state index contributed by atoms with van der Waals surface area (Å²) in [5, 5.41) is 4.16. The second-order valence-electron chi connectivity index (χ2n) is 10.8. The first kappa shape index (κ1) is 29.9. The number of hydrogen-bond acceptors (Lipinski definition) is 6. The molecule has 2 aliphatic heterocycles. The quantitative estimate of drug-likeness (QED) is 0.549. The molecular formula is C26H38N8O2Y-2. The van der Waals surface area contributed by atoms with Crippen LogP contribution in [0.1, 0.15) is 32.3 Å². The van der Waals surface area contributed by atoms with Gasteiger partial charge < -0.3 is 37.3 Å². The van der Waals surface area contributed by atoms with E-state index in [0.29, 0.717) is 11.5 Å². The Hall–Kier alpha value is -1.69. The molecule has 1 aromatic carbocycles. The summed E-state index contributed by atoms with van der Waals surface area (Å²) in [4.78, 5) is 31.3. The van der Waals surface area contributed by atoms with Crippen molar-refractivity contribution in [1.82, 2.24) is 19.4 Å². The van der Waals surface area contributed by atoms with Crippen LogP contribution >= 0.6 is 0 Å². The third-order valence-corrected chi connectivity index (χ3v) is 7.45. The van der Waals surface area contributed by atoms with Crippen molar-refractivity contribution >= 4 is 11.7 Å². The van der Waals surface area contributed by atoms with Gasteiger partial charge in [0.25, 0.3) is 5.69 Å². The Morgan fingerprint density at radius 1 is 1.19 bits per heavy atom. The SMILES string of the molecule is CC(C)(N)C(=O)N1CC[N-]CC1.[NH-]c1ccn(-c2ccc(CCN3CC4(CCC4N)C3)cc2)c(=O)n1.[Y]. The van der Waals surface area contributed by atoms with Crippen LogP contribution in [0.5, 0.6) is 0 Å². The van der Waals surface area contributed by atoms with Crippen LogP contribution in [-0.4, -0.2) is 82.7 Å². The number of carbonyl (C=O) groups is 1. The zero-order valence-corrected chi connectivity index (χ0v) is 24.7. The Morgan fingerprint density at radius 2 is 1.84 bits per heavy atom. The molecule has 37 heavy (non-hydrogen) atoms. The predicted octanol–water partition coefficient (Wildman–Crippen LogP) is 1.82. The number of nitrogens with one attached hydrogen (secondary N) is 1. The van der Waals surface area contributed by atoms with E-state index in [1.165, 1.54) is 29.0 Å². The van der Waals surface area contributed by atoms with Crippen LogP contribution in [0.4, 0.5) is 5.82 Å². The van der Waals surface area contributed by atoms with Crippen molar-refractivity contribution in [3.63, 3.8) is 0 Å². The number of likely N-dealkylation sites (tertiary alicyclic amines) is 1. The van der Waals surface area contributed by atoms with Gasteiger partial charge in [-0.05, 0) is 56.9 Å². The molecule has 2 saturated heterocycles. The number of piperazine rings is 1. The van der Waals surface area contributed by atoms with Gasteiger partial charge in [-0.1, -0.05) is 18.0 Å². The number of benzene rings is 1. The number of hydrogen-bond donors (Lipinski definition) is 2. The number of nitrogens with zero attached hydrogens (tertiary/aromatic N) is 5. The monoisotopic (exact) mass is 583 g/mol. The summed E-state index contributed by atoms with van der Waals surface area (Å²) in [6, 6.07) is 9.90. The smallest absolute Gasteiger partial charge is 0.250 e. The predicted molar refractivity (Wildman–Crippen MR) is 142 cm³/mol. The first-order valence-electron chi connectivity index (χ1n) is 12.7. The zero-order chi connectivity index (χ0) is 25.9. The molecule has 1 saturated carbocycles. The molecule has 1 atom stereocenters. The molecule has 5 N–H and O–H groups in total. The molecule has 0 bridgehead atoms. The molecule has 1 amide bonds. The van der Waals surface area contributed by atoms with Crippen LogP contribution in [0, 0.1) is 5.41 Å². The Labute approximate surface area is 244 Å². The van der Waals surface area contributed by atoms with E-state index in [0.717, 1.165) is 57.9 Å². The van der Waals surface area contributed by atoms with E-state index >= 15 is 0 Å². The minimum Gasteiger partial charge on any atom is -0.659 e. The second-order valence-corrected chi connectivity index (χ2v) is 10.8. The number of rotatable bonds is 5. The maximum Gasteiger partial charge on any atom is 0.250 e. The molecule has 1 spiro atoms. The summed E-state index contributed by atoms with van der Waals surface area (Å²) in [6.45, 7) is 9.77. The number of carbonyl (C=O) groups excluding carboxylic acids is 1. The minimum absolute atomic E-state index is 0. The summed E-state index contributed by atoms with van der Waals surface area (Å²) in [5.74, 6) is 0.0174. The van der Waals surface area contributed by atoms with Crippen LogP contribution in [-0.2, 0) is 43.9 Å². The molecule has 1 aliphatic carbocycles. The molecule has 2 aromatic rings. The Kier molecular flexibility index (Phi) is 10.0. The van der Waals surface area contributed by atoms with Crippen molar-refractivity contribution in [2.45, 2.75) is 44.7 Å². The van der Waals surface area contributed by atoms with Crippen molar-refractivity contribution in [2.24, 2.45) is 16.9 Å². The fourth-order valence-corrected chi connectivity index (χ4v) is 5.04. The average molecular weight is 584 g/mol. The van der Waals surface area contributed by atoms with Gasteiger partial charge in [-0.2, -0.15) is 0 Å². The van der Waals surface area contributed by atoms with Crippen LogP contribution in [0.25, 0.3) is 16.7 Å². The largest absolute Gasteiger partial charge is 0.659 e. The van der Waals surface area contributed by atoms with Crippen molar-refractivity contribution in [1.29, 1.82) is 0 Å². The van der Waals surface area contributed by atoms with E-state index in [4.69, 9.17) is 17.2 Å². The molecule has 3 heterocycles. The van der Waals surface area contributed by atoms with E-state index in [9.17, 15) is 9.59 Å². The van der Waals surface area contributed by atoms with Gasteiger partial charge in [-0.25, -0.2) is 0 Å². The first-order chi connectivity index (χ1) is 17.1. The third-order valence-electron chi connectivity index (χ3n) is 7.45. The summed E-state index contributed by atoms with van der Waals surface area (Å²) in [5.41, 5.74) is 20.5. The topological polar surface area (TPSA) is 148 Å². The fraction of sp³-hybridized carbons (Fsp3) is 0.577. The van der Waals surface area contributed by atoms with Crippen LogP contribution in [0.15, 0.2) is 41.3 Å². The molecule has 199 valence electrons. The van der Waals surface area contributed by atoms with E-state index in [-0.39, 0.29) is 44.4 Å². The summed E-state index contributed by atoms with van der Waals surface area (Å²) >= 11 is 0. The van der Waals surface area contributed by atoms with Gasteiger partial charge >= 0.3 is 0 Å². The van der Waals surface area contributed by atoms with Gasteiger partial charge in [0.05, 0.1) is 5.54 Å². The molecule has 3 fully saturated rings. The van der Waals surface area contributed by atoms with E-state index in [1.807, 2.05) is 12.1 Å². The van der Waals surface area contributed by atoms with Gasteiger partial charge in [0, 0.05) is 88.8 Å². The van der Waals surface area contributed by atoms with Crippen LogP contribution < -0.4 is 17.2 Å². The maximum atomic E-state index is 11.8. The van der Waals surface area contributed by atoms with Crippen molar-refractivity contribution in [3.8, 4) is 5.69 Å². The minimum atomic E-state index is -0.739. The van der Waals surface area contributed by atoms with Gasteiger partial charge in [-0.3, -0.25) is 14.2 Å². The molecule has 1 aromatic heterocycles. The second kappa shape index (κ2) is 12.4. The van der Waals surface area contributed by atoms with Gasteiger partial charge in [0.2, 0.25) is 5.91 Å². The Bertz CT molecular complexity index is 1100. The van der Waals surface area contributed by atoms with Gasteiger partial charge in [-0.15, -0.1) is 13.1 Å². The summed E-state index contributed by atoms with van der Waals surface area (Å²) in [7, 11) is 0. The van der Waals surface area contributed by atoms with Gasteiger partial charge in [0.1, 0.15) is 0 Å². The van der Waals surface area contributed by atoms with E-state index in [1.54, 1.807) is 24.9 Å². The van der Waals surface area contributed by atoms with E-state index in [2.05, 4.69) is 27.3 Å². The van der Waals surface area contributed by atoms with Crippen molar-refractivity contribution < 1.29 is 37.5 Å². The average Bonchev–Trinajstić information content (AvgIpc) is 2.82. The standard InChI is InChI=1S/C18H23N5O.C8H16N3O.Y/c19-15-5-8-18(15)11-22(12-18)9-6-13-1-3-14(4-2-13)23-10-7-16(20)21-17(23)24;1-8(2,9)7(12)11-5-3-10-4-6-11;/h1-4,7,10,15H,5-6,8-9,11-12,19H2,(H2,20,21,24);3-6,9H2,1-2H3;/q;-1;/p-1. The van der Waals surface area contributed by atoms with Crippen LogP contribution in [0.3, 0.4) is 0 Å². The summed E-state index contributed by atoms with van der Waals surface area (Å²) < 4.78 is 1.46. The van der Waals surface area contributed by atoms with Crippen molar-refractivity contribution in [3.05, 3.63) is 63.6 Å². The fourth-order valence-electron chi connectivity index (χ4n) is 5.04. The van der Waals surface area contributed by atoms with Gasteiger partial charge in [0.15, 0.2) is 0 Å². The van der Waals surface area contributed by atoms with Crippen molar-refractivity contribution in [2.75, 3.05) is 45.8 Å². The number of aromatic nitrogens is 2. The molecule has 5 rings (SSSR count). The molecular weight excluding hydrogens is 545 g/mol. The Morgan fingerprint density at radius 3 is 2.35 bits per heavy atom. The molecule has 11 heteroatoms. The normalized spacial score (nSPS) is 20.6. The molecule has 3 aliphatic rings. The summed E-state index contributed by atoms with van der Waals surface area (Å²) in [6.07, 6.45) is 5.07. The molecule has 10 nitrogen and oxygen atoms in total. The zero-order valence-electron chi connectivity index (χ0n) is 21.9. The Balaban J connectivity index is 0.000000249. The maximum absolute atomic E-state index is 11.8. The number of nitrogens with two attached hydrogens (primary N) is 2. The number of amides is 1.